The van der Waals surface area contributed by atoms with Gasteiger partial charge in [-0.25, -0.2) is 9.59 Å². The van der Waals surface area contributed by atoms with Crippen LogP contribution in [-0.4, -0.2) is 84.2 Å². The number of halogens is 3. The summed E-state index contributed by atoms with van der Waals surface area (Å²) in [6, 6.07) is 9.83. The van der Waals surface area contributed by atoms with Crippen LogP contribution in [0.1, 0.15) is 62.4 Å². The first-order chi connectivity index (χ1) is 24.7. The molecule has 4 N–H and O–H groups in total. The van der Waals surface area contributed by atoms with Crippen LogP contribution in [0, 0.1) is 0 Å². The molecular weight excluding hydrogens is 691 g/mol. The summed E-state index contributed by atoms with van der Waals surface area (Å²) >= 11 is 0. The Labute approximate surface area is 298 Å². The predicted octanol–water partition coefficient (Wildman–Crippen LogP) is 5.30. The number of carbonyl (C=O) groups excluding carboxylic acids is 3. The number of hydrogen-bond donors (Lipinski definition) is 4. The van der Waals surface area contributed by atoms with Crippen molar-refractivity contribution in [1.82, 2.24) is 25.6 Å². The molecule has 2 amide bonds. The molecule has 52 heavy (non-hydrogen) atoms. The number of esters is 1. The van der Waals surface area contributed by atoms with Gasteiger partial charge in [0, 0.05) is 18.3 Å². The fraction of sp³-hybridized carbons (Fsp3) is 0.471. The molecule has 6 bridgehead atoms. The number of anilines is 3. The van der Waals surface area contributed by atoms with Gasteiger partial charge < -0.3 is 45.0 Å². The fourth-order valence-electron chi connectivity index (χ4n) is 4.62. The van der Waals surface area contributed by atoms with Crippen LogP contribution >= 0.6 is 0 Å². The van der Waals surface area contributed by atoms with E-state index >= 15 is 0 Å². The summed E-state index contributed by atoms with van der Waals surface area (Å²) < 4.78 is 65.6. The standard InChI is InChI=1S/C34H42F3N7O8/c1-33(2,3)52-32(47)39-19-25(28(46)48-4)41-27(45)24-14-11-22-17-26(24)50-16-8-6-5-7-15-49-23-12-9-21(10-13-23)18-38-29-42-30(40-22)44-31(43-29)51-20-34(35,36)37/h9-14,17,25H,5-8,15-16,18-20H2,1-4H3,(H,39,47)(H,41,45)(H2,38,40,42,43,44). The lowest BCUT2D eigenvalue weighted by Gasteiger charge is -2.22. The van der Waals surface area contributed by atoms with E-state index in [1.54, 1.807) is 20.8 Å². The Kier molecular flexibility index (Phi) is 13.7. The molecule has 0 aliphatic carbocycles. The van der Waals surface area contributed by atoms with Gasteiger partial charge in [0.1, 0.15) is 23.1 Å². The Morgan fingerprint density at radius 3 is 2.29 bits per heavy atom. The van der Waals surface area contributed by atoms with Crippen LogP contribution in [0.2, 0.25) is 0 Å². The molecule has 3 aromatic rings. The Balaban J connectivity index is 1.60. The van der Waals surface area contributed by atoms with E-state index in [2.05, 4.69) is 36.2 Å². The molecule has 5 rings (SSSR count). The summed E-state index contributed by atoms with van der Waals surface area (Å²) in [5.41, 5.74) is 0.387. The summed E-state index contributed by atoms with van der Waals surface area (Å²) in [5, 5.41) is 10.9. The van der Waals surface area contributed by atoms with Gasteiger partial charge in [0.05, 0.1) is 32.4 Å². The number of ether oxygens (including phenoxy) is 5. The van der Waals surface area contributed by atoms with Gasteiger partial charge in [-0.1, -0.05) is 12.1 Å². The normalized spacial score (nSPS) is 14.4. The minimum atomic E-state index is -4.64. The van der Waals surface area contributed by atoms with Gasteiger partial charge in [-0.15, -0.1) is 0 Å². The lowest BCUT2D eigenvalue weighted by Crippen LogP contribution is -2.49. The number of carbonyl (C=O) groups is 3. The predicted molar refractivity (Wildman–Crippen MR) is 182 cm³/mol. The number of benzene rings is 2. The van der Waals surface area contributed by atoms with Crippen LogP contribution in [-0.2, 0) is 20.8 Å². The second kappa shape index (κ2) is 18.1. The molecule has 1 atom stereocenters. The summed E-state index contributed by atoms with van der Waals surface area (Å²) in [4.78, 5) is 50.5. The van der Waals surface area contributed by atoms with E-state index in [0.717, 1.165) is 31.9 Å². The van der Waals surface area contributed by atoms with Gasteiger partial charge in [-0.05, 0) is 76.3 Å². The van der Waals surface area contributed by atoms with Gasteiger partial charge in [-0.2, -0.15) is 28.1 Å². The average Bonchev–Trinajstić information content (AvgIpc) is 3.08. The number of alkyl carbamates (subject to hydrolysis) is 1. The van der Waals surface area contributed by atoms with Crippen molar-refractivity contribution in [3.63, 3.8) is 0 Å². The minimum Gasteiger partial charge on any atom is -0.494 e. The Morgan fingerprint density at radius 1 is 0.923 bits per heavy atom. The highest BCUT2D eigenvalue weighted by Crippen LogP contribution is 2.27. The van der Waals surface area contributed by atoms with Gasteiger partial charge in [0.2, 0.25) is 11.9 Å². The molecule has 18 heteroatoms. The molecule has 3 heterocycles. The van der Waals surface area contributed by atoms with Crippen LogP contribution in [0.25, 0.3) is 0 Å². The molecule has 2 aliphatic heterocycles. The summed E-state index contributed by atoms with van der Waals surface area (Å²) in [6.07, 6.45) is -2.31. The molecule has 1 aromatic heterocycles. The van der Waals surface area contributed by atoms with Crippen LogP contribution in [0.4, 0.5) is 35.5 Å². The van der Waals surface area contributed by atoms with Crippen molar-refractivity contribution in [1.29, 1.82) is 0 Å². The van der Waals surface area contributed by atoms with Crippen molar-refractivity contribution in [2.24, 2.45) is 0 Å². The molecular formula is C34H42F3N7O8. The number of alkyl halides is 3. The van der Waals surface area contributed by atoms with Crippen molar-refractivity contribution < 1.29 is 51.2 Å². The second-order valence-corrected chi connectivity index (χ2v) is 12.5. The van der Waals surface area contributed by atoms with Crippen molar-refractivity contribution in [3.05, 3.63) is 53.6 Å². The molecule has 282 valence electrons. The van der Waals surface area contributed by atoms with E-state index in [1.807, 2.05) is 24.3 Å². The smallest absolute Gasteiger partial charge is 0.422 e. The molecule has 0 saturated carbocycles. The number of fused-ring (bicyclic) bond motifs is 10. The van der Waals surface area contributed by atoms with E-state index in [-0.39, 0.29) is 42.9 Å². The van der Waals surface area contributed by atoms with Crippen LogP contribution in [0.15, 0.2) is 42.5 Å². The Bertz CT molecular complexity index is 1670. The summed E-state index contributed by atoms with van der Waals surface area (Å²) in [5.74, 6) is -0.959. The molecule has 15 nitrogen and oxygen atoms in total. The summed E-state index contributed by atoms with van der Waals surface area (Å²) in [7, 11) is 1.14. The molecule has 0 spiro atoms. The van der Waals surface area contributed by atoms with E-state index in [4.69, 9.17) is 23.7 Å². The number of rotatable bonds is 7. The molecule has 0 radical (unpaired) electrons. The number of nitrogens with zero attached hydrogens (tertiary/aromatic N) is 3. The third-order valence-electron chi connectivity index (χ3n) is 7.04. The van der Waals surface area contributed by atoms with E-state index in [1.165, 1.54) is 18.2 Å². The number of methoxy groups -OCH3 is 1. The zero-order valence-electron chi connectivity index (χ0n) is 29.2. The van der Waals surface area contributed by atoms with Crippen molar-refractivity contribution in [3.8, 4) is 17.5 Å². The van der Waals surface area contributed by atoms with Crippen LogP contribution in [0.5, 0.6) is 17.5 Å². The monoisotopic (exact) mass is 733 g/mol. The molecule has 1 unspecified atom stereocenters. The van der Waals surface area contributed by atoms with Gasteiger partial charge in [0.25, 0.3) is 5.91 Å². The Morgan fingerprint density at radius 2 is 1.62 bits per heavy atom. The highest BCUT2D eigenvalue weighted by molar-refractivity contribution is 5.99. The number of nitrogens with one attached hydrogen (secondary N) is 4. The zero-order chi connectivity index (χ0) is 37.7. The first-order valence-electron chi connectivity index (χ1n) is 16.5. The molecule has 0 fully saturated rings. The highest BCUT2D eigenvalue weighted by Gasteiger charge is 2.30. The lowest BCUT2D eigenvalue weighted by molar-refractivity contribution is -0.154. The van der Waals surface area contributed by atoms with E-state index in [9.17, 15) is 27.6 Å². The maximum Gasteiger partial charge on any atom is 0.422 e. The molecule has 2 aliphatic rings. The van der Waals surface area contributed by atoms with E-state index < -0.39 is 48.4 Å². The molecule has 0 saturated heterocycles. The first-order valence-corrected chi connectivity index (χ1v) is 16.5. The quantitative estimate of drug-likeness (QED) is 0.230. The third-order valence-corrected chi connectivity index (χ3v) is 7.04. The average molecular weight is 734 g/mol. The second-order valence-electron chi connectivity index (χ2n) is 12.5. The van der Waals surface area contributed by atoms with Crippen LogP contribution in [0.3, 0.4) is 0 Å². The van der Waals surface area contributed by atoms with Crippen molar-refractivity contribution >= 4 is 35.6 Å². The number of aromatic nitrogens is 3. The van der Waals surface area contributed by atoms with Gasteiger partial charge >= 0.3 is 24.2 Å². The minimum absolute atomic E-state index is 0.0419. The Hall–Kier alpha value is -5.55. The zero-order valence-corrected chi connectivity index (χ0v) is 29.2. The SMILES string of the molecule is COC(=O)C(CNC(=O)OC(C)(C)C)NC(=O)c1ccc2cc1OCCCCCCOc1ccc(cc1)CNc1nc(nc(OCC(F)(F)F)n1)N2. The highest BCUT2D eigenvalue weighted by atomic mass is 19.4. The van der Waals surface area contributed by atoms with Gasteiger partial charge in [-0.3, -0.25) is 4.79 Å². The maximum atomic E-state index is 13.5. The van der Waals surface area contributed by atoms with Crippen LogP contribution < -0.4 is 35.5 Å². The third kappa shape index (κ3) is 13.3. The lowest BCUT2D eigenvalue weighted by atomic mass is 10.1. The van der Waals surface area contributed by atoms with E-state index in [0.29, 0.717) is 24.5 Å². The first kappa shape index (κ1) is 39.2. The molecule has 2 aromatic carbocycles. The van der Waals surface area contributed by atoms with Gasteiger partial charge in [0.15, 0.2) is 6.61 Å². The van der Waals surface area contributed by atoms with Crippen molar-refractivity contribution in [2.45, 2.75) is 70.8 Å². The maximum absolute atomic E-state index is 13.5. The summed E-state index contributed by atoms with van der Waals surface area (Å²) in [6.45, 7) is 4.04. The largest absolute Gasteiger partial charge is 0.494 e. The number of amides is 2. The number of hydrogen-bond acceptors (Lipinski definition) is 13. The van der Waals surface area contributed by atoms with Crippen molar-refractivity contribution in [2.75, 3.05) is 44.1 Å². The fourth-order valence-corrected chi connectivity index (χ4v) is 4.62. The topological polar surface area (TPSA) is 184 Å².